The fraction of sp³-hybridized carbons (Fsp3) is 0.333. The molecule has 20 heavy (non-hydrogen) atoms. The predicted octanol–water partition coefficient (Wildman–Crippen LogP) is 2.12. The van der Waals surface area contributed by atoms with E-state index in [0.717, 1.165) is 17.1 Å². The molecule has 0 unspecified atom stereocenters. The standard InChI is InChI=1S/C15H19N3OS/c1-10(9-16)17-15(19)14-11(2)18-13(20-14)8-12-6-4-3-5-7-12/h3-7,10H,8-9,16H2,1-2H3,(H,17,19)/t10-/m0/s1. The number of rotatable bonds is 5. The third-order valence-corrected chi connectivity index (χ3v) is 4.13. The number of aryl methyl sites for hydroxylation is 1. The van der Waals surface area contributed by atoms with Gasteiger partial charge in [-0.25, -0.2) is 4.98 Å². The summed E-state index contributed by atoms with van der Waals surface area (Å²) in [4.78, 5) is 17.3. The molecule has 2 aromatic rings. The summed E-state index contributed by atoms with van der Waals surface area (Å²) in [5.41, 5.74) is 7.49. The monoisotopic (exact) mass is 289 g/mol. The molecule has 0 aliphatic heterocycles. The van der Waals surface area contributed by atoms with Crippen LogP contribution in [0, 0.1) is 6.92 Å². The summed E-state index contributed by atoms with van der Waals surface area (Å²) in [6.07, 6.45) is 0.756. The summed E-state index contributed by atoms with van der Waals surface area (Å²) in [6.45, 7) is 4.19. The molecular formula is C15H19N3OS. The van der Waals surface area contributed by atoms with E-state index in [1.54, 1.807) is 0 Å². The third kappa shape index (κ3) is 3.65. The molecule has 1 amide bonds. The SMILES string of the molecule is Cc1nc(Cc2ccccc2)sc1C(=O)N[C@@H](C)CN. The highest BCUT2D eigenvalue weighted by atomic mass is 32.1. The van der Waals surface area contributed by atoms with Gasteiger partial charge in [0.15, 0.2) is 0 Å². The molecule has 106 valence electrons. The second-order valence-corrected chi connectivity index (χ2v) is 5.88. The van der Waals surface area contributed by atoms with E-state index in [1.807, 2.05) is 32.0 Å². The van der Waals surface area contributed by atoms with Gasteiger partial charge in [-0.05, 0) is 19.4 Å². The normalized spacial score (nSPS) is 12.2. The number of hydrogen-bond acceptors (Lipinski definition) is 4. The number of amides is 1. The van der Waals surface area contributed by atoms with Gasteiger partial charge in [-0.15, -0.1) is 11.3 Å². The van der Waals surface area contributed by atoms with E-state index in [0.29, 0.717) is 11.4 Å². The smallest absolute Gasteiger partial charge is 0.263 e. The molecule has 0 aliphatic carbocycles. The van der Waals surface area contributed by atoms with Crippen LogP contribution in [-0.2, 0) is 6.42 Å². The van der Waals surface area contributed by atoms with Crippen molar-refractivity contribution in [3.8, 4) is 0 Å². The zero-order chi connectivity index (χ0) is 14.5. The Morgan fingerprint density at radius 2 is 2.10 bits per heavy atom. The third-order valence-electron chi connectivity index (χ3n) is 2.98. The van der Waals surface area contributed by atoms with Gasteiger partial charge >= 0.3 is 0 Å². The van der Waals surface area contributed by atoms with E-state index in [4.69, 9.17) is 5.73 Å². The Morgan fingerprint density at radius 3 is 2.75 bits per heavy atom. The lowest BCUT2D eigenvalue weighted by Gasteiger charge is -2.09. The molecule has 0 aliphatic rings. The van der Waals surface area contributed by atoms with Gasteiger partial charge in [-0.3, -0.25) is 4.79 Å². The highest BCUT2D eigenvalue weighted by Gasteiger charge is 2.16. The Hall–Kier alpha value is -1.72. The van der Waals surface area contributed by atoms with E-state index >= 15 is 0 Å². The molecule has 0 spiro atoms. The van der Waals surface area contributed by atoms with Gasteiger partial charge in [0, 0.05) is 19.0 Å². The van der Waals surface area contributed by atoms with Gasteiger partial charge in [0.05, 0.1) is 10.7 Å². The van der Waals surface area contributed by atoms with Crippen LogP contribution in [0.25, 0.3) is 0 Å². The Kier molecular flexibility index (Phi) is 4.87. The Morgan fingerprint density at radius 1 is 1.40 bits per heavy atom. The van der Waals surface area contributed by atoms with Gasteiger partial charge in [0.2, 0.25) is 0 Å². The van der Waals surface area contributed by atoms with E-state index in [1.165, 1.54) is 16.9 Å². The largest absolute Gasteiger partial charge is 0.348 e. The van der Waals surface area contributed by atoms with Crippen molar-refractivity contribution in [2.24, 2.45) is 5.73 Å². The average Bonchev–Trinajstić information content (AvgIpc) is 2.80. The molecule has 0 radical (unpaired) electrons. The first-order chi connectivity index (χ1) is 9.60. The van der Waals surface area contributed by atoms with E-state index in [9.17, 15) is 4.79 Å². The van der Waals surface area contributed by atoms with Gasteiger partial charge in [-0.1, -0.05) is 30.3 Å². The number of nitrogens with two attached hydrogens (primary N) is 1. The number of benzene rings is 1. The Bertz CT molecular complexity index is 580. The number of thiazole rings is 1. The van der Waals surface area contributed by atoms with Crippen molar-refractivity contribution in [1.29, 1.82) is 0 Å². The minimum absolute atomic E-state index is 0.0263. The molecule has 3 N–H and O–H groups in total. The van der Waals surface area contributed by atoms with Crippen LogP contribution >= 0.6 is 11.3 Å². The average molecular weight is 289 g/mol. The van der Waals surface area contributed by atoms with Crippen molar-refractivity contribution in [2.45, 2.75) is 26.3 Å². The molecule has 5 heteroatoms. The lowest BCUT2D eigenvalue weighted by Crippen LogP contribution is -2.37. The van der Waals surface area contributed by atoms with Crippen LogP contribution < -0.4 is 11.1 Å². The molecular weight excluding hydrogens is 270 g/mol. The van der Waals surface area contributed by atoms with Crippen molar-refractivity contribution in [3.63, 3.8) is 0 Å². The second kappa shape index (κ2) is 6.63. The maximum absolute atomic E-state index is 12.1. The van der Waals surface area contributed by atoms with Gasteiger partial charge in [0.1, 0.15) is 4.88 Å². The van der Waals surface area contributed by atoms with Crippen molar-refractivity contribution >= 4 is 17.2 Å². The van der Waals surface area contributed by atoms with Crippen LogP contribution in [-0.4, -0.2) is 23.5 Å². The minimum atomic E-state index is -0.0859. The number of aromatic nitrogens is 1. The number of carbonyl (C=O) groups excluding carboxylic acids is 1. The molecule has 0 fully saturated rings. The van der Waals surface area contributed by atoms with Crippen molar-refractivity contribution in [2.75, 3.05) is 6.54 Å². The van der Waals surface area contributed by atoms with Crippen molar-refractivity contribution in [1.82, 2.24) is 10.3 Å². The van der Waals surface area contributed by atoms with Gasteiger partial charge in [0.25, 0.3) is 5.91 Å². The second-order valence-electron chi connectivity index (χ2n) is 4.79. The number of nitrogens with one attached hydrogen (secondary N) is 1. The highest BCUT2D eigenvalue weighted by molar-refractivity contribution is 7.13. The summed E-state index contributed by atoms with van der Waals surface area (Å²) in [6, 6.07) is 10.1. The summed E-state index contributed by atoms with van der Waals surface area (Å²) in [5.74, 6) is -0.0859. The molecule has 4 nitrogen and oxygen atoms in total. The molecule has 0 saturated carbocycles. The molecule has 1 heterocycles. The highest BCUT2D eigenvalue weighted by Crippen LogP contribution is 2.20. The van der Waals surface area contributed by atoms with Crippen LogP contribution in [0.15, 0.2) is 30.3 Å². The summed E-state index contributed by atoms with van der Waals surface area (Å²) >= 11 is 1.45. The summed E-state index contributed by atoms with van der Waals surface area (Å²) in [7, 11) is 0. The minimum Gasteiger partial charge on any atom is -0.348 e. The van der Waals surface area contributed by atoms with Crippen LogP contribution in [0.1, 0.15) is 32.9 Å². The Labute approximate surface area is 123 Å². The van der Waals surface area contributed by atoms with E-state index < -0.39 is 0 Å². The zero-order valence-corrected chi connectivity index (χ0v) is 12.5. The molecule has 0 bridgehead atoms. The van der Waals surface area contributed by atoms with Crippen LogP contribution in [0.5, 0.6) is 0 Å². The lowest BCUT2D eigenvalue weighted by molar-refractivity contribution is 0.0944. The van der Waals surface area contributed by atoms with Crippen molar-refractivity contribution < 1.29 is 4.79 Å². The van der Waals surface area contributed by atoms with E-state index in [-0.39, 0.29) is 11.9 Å². The van der Waals surface area contributed by atoms with Crippen molar-refractivity contribution in [3.05, 3.63) is 51.5 Å². The zero-order valence-electron chi connectivity index (χ0n) is 11.7. The summed E-state index contributed by atoms with van der Waals surface area (Å²) < 4.78 is 0. The van der Waals surface area contributed by atoms with Gasteiger partial charge in [-0.2, -0.15) is 0 Å². The first-order valence-corrected chi connectivity index (χ1v) is 7.43. The fourth-order valence-corrected chi connectivity index (χ4v) is 2.86. The number of carbonyl (C=O) groups is 1. The van der Waals surface area contributed by atoms with Gasteiger partial charge < -0.3 is 11.1 Å². The maximum Gasteiger partial charge on any atom is 0.263 e. The maximum atomic E-state index is 12.1. The molecule has 1 aromatic heterocycles. The number of hydrogen-bond donors (Lipinski definition) is 2. The van der Waals surface area contributed by atoms with Crippen LogP contribution in [0.2, 0.25) is 0 Å². The fourth-order valence-electron chi connectivity index (χ4n) is 1.86. The van der Waals surface area contributed by atoms with E-state index in [2.05, 4.69) is 22.4 Å². The lowest BCUT2D eigenvalue weighted by atomic mass is 10.2. The molecule has 2 rings (SSSR count). The predicted molar refractivity (Wildman–Crippen MR) is 82.1 cm³/mol. The number of nitrogens with zero attached hydrogens (tertiary/aromatic N) is 1. The van der Waals surface area contributed by atoms with Crippen LogP contribution in [0.3, 0.4) is 0 Å². The molecule has 1 aromatic carbocycles. The van der Waals surface area contributed by atoms with Crippen LogP contribution in [0.4, 0.5) is 0 Å². The topological polar surface area (TPSA) is 68.0 Å². The Balaban J connectivity index is 2.11. The summed E-state index contributed by atoms with van der Waals surface area (Å²) in [5, 5.41) is 3.83. The first-order valence-electron chi connectivity index (χ1n) is 6.61. The molecule has 1 atom stereocenters. The quantitative estimate of drug-likeness (QED) is 0.886. The first kappa shape index (κ1) is 14.7. The molecule has 0 saturated heterocycles.